The molecule has 0 bridgehead atoms. The van der Waals surface area contributed by atoms with Crippen molar-refractivity contribution >= 4 is 11.8 Å². The summed E-state index contributed by atoms with van der Waals surface area (Å²) in [5.41, 5.74) is 2.15. The van der Waals surface area contributed by atoms with E-state index < -0.39 is 0 Å². The number of hydrogen-bond donors (Lipinski definition) is 4. The Morgan fingerprint density at radius 2 is 0.700 bits per heavy atom. The van der Waals surface area contributed by atoms with Gasteiger partial charge in [-0.3, -0.25) is 9.59 Å². The highest BCUT2D eigenvalue weighted by atomic mass is 16.3. The molecule has 0 aliphatic rings. The van der Waals surface area contributed by atoms with E-state index in [1.54, 1.807) is 0 Å². The first-order valence-electron chi connectivity index (χ1n) is 21.4. The molecule has 0 saturated heterocycles. The molecule has 50 heavy (non-hydrogen) atoms. The first kappa shape index (κ1) is 46.1. The van der Waals surface area contributed by atoms with Gasteiger partial charge in [0.2, 0.25) is 11.8 Å². The van der Waals surface area contributed by atoms with Crippen molar-refractivity contribution < 1.29 is 19.8 Å². The van der Waals surface area contributed by atoms with Gasteiger partial charge in [-0.1, -0.05) is 179 Å². The van der Waals surface area contributed by atoms with E-state index in [9.17, 15) is 19.8 Å². The molecule has 1 aromatic rings. The van der Waals surface area contributed by atoms with E-state index >= 15 is 0 Å². The Balaban J connectivity index is 1.94. The summed E-state index contributed by atoms with van der Waals surface area (Å²) >= 11 is 0. The number of rotatable bonds is 36. The summed E-state index contributed by atoms with van der Waals surface area (Å²) in [5, 5.41) is 26.3. The zero-order valence-corrected chi connectivity index (χ0v) is 32.8. The van der Waals surface area contributed by atoms with E-state index in [1.165, 1.54) is 103 Å². The largest absolute Gasteiger partial charge is 0.393 e. The highest BCUT2D eigenvalue weighted by Crippen LogP contribution is 2.16. The molecule has 4 N–H and O–H groups in total. The van der Waals surface area contributed by atoms with E-state index in [-0.39, 0.29) is 24.0 Å². The Labute approximate surface area is 308 Å². The second kappa shape index (κ2) is 34.2. The average Bonchev–Trinajstić information content (AvgIpc) is 3.12. The second-order valence-electron chi connectivity index (χ2n) is 15.1. The van der Waals surface area contributed by atoms with Crippen LogP contribution in [0.15, 0.2) is 24.3 Å². The number of benzene rings is 1. The fraction of sp³-hybridized carbons (Fsp3) is 0.818. The molecule has 6 nitrogen and oxygen atoms in total. The predicted octanol–water partition coefficient (Wildman–Crippen LogP) is 11.4. The van der Waals surface area contributed by atoms with Gasteiger partial charge >= 0.3 is 0 Å². The first-order chi connectivity index (χ1) is 24.4. The Morgan fingerprint density at radius 1 is 0.440 bits per heavy atom. The van der Waals surface area contributed by atoms with Gasteiger partial charge < -0.3 is 20.8 Å². The van der Waals surface area contributed by atoms with Gasteiger partial charge in [-0.15, -0.1) is 0 Å². The van der Waals surface area contributed by atoms with Crippen LogP contribution in [0.4, 0.5) is 0 Å². The van der Waals surface area contributed by atoms with Crippen molar-refractivity contribution in [3.05, 3.63) is 35.4 Å². The Morgan fingerprint density at radius 3 is 1.00 bits per heavy atom. The van der Waals surface area contributed by atoms with E-state index in [0.29, 0.717) is 25.9 Å². The molecule has 0 radical (unpaired) electrons. The van der Waals surface area contributed by atoms with Gasteiger partial charge in [0.05, 0.1) is 12.2 Å². The molecule has 6 heteroatoms. The smallest absolute Gasteiger partial charge is 0.220 e. The minimum Gasteiger partial charge on any atom is -0.393 e. The molecule has 0 aromatic heterocycles. The van der Waals surface area contributed by atoms with Crippen molar-refractivity contribution in [1.29, 1.82) is 0 Å². The van der Waals surface area contributed by atoms with Crippen LogP contribution < -0.4 is 10.6 Å². The number of nitrogens with one attached hydrogen (secondary N) is 2. The molecule has 2 amide bonds. The van der Waals surface area contributed by atoms with Crippen LogP contribution in [0.3, 0.4) is 0 Å². The van der Waals surface area contributed by atoms with Crippen LogP contribution in [0.2, 0.25) is 0 Å². The third kappa shape index (κ3) is 29.8. The highest BCUT2D eigenvalue weighted by Gasteiger charge is 2.07. The van der Waals surface area contributed by atoms with E-state index in [4.69, 9.17) is 0 Å². The molecule has 0 spiro atoms. The zero-order chi connectivity index (χ0) is 36.3. The van der Waals surface area contributed by atoms with Crippen molar-refractivity contribution in [3.8, 4) is 0 Å². The molecule has 1 aromatic carbocycles. The average molecular weight is 701 g/mol. The van der Waals surface area contributed by atoms with Gasteiger partial charge in [0.15, 0.2) is 0 Å². The van der Waals surface area contributed by atoms with Gasteiger partial charge in [0, 0.05) is 25.9 Å². The first-order valence-corrected chi connectivity index (χ1v) is 21.4. The van der Waals surface area contributed by atoms with Crippen molar-refractivity contribution in [2.75, 3.05) is 0 Å². The lowest BCUT2D eigenvalue weighted by Gasteiger charge is -2.10. The third-order valence-electron chi connectivity index (χ3n) is 10.2. The fourth-order valence-electron chi connectivity index (χ4n) is 6.71. The van der Waals surface area contributed by atoms with E-state index in [0.717, 1.165) is 88.2 Å². The maximum atomic E-state index is 12.3. The fourth-order valence-corrected chi connectivity index (χ4v) is 6.71. The SMILES string of the molecule is CCCCCCCC(O)CCCCCCCCCC(=O)NCc1ccc(CNC(=O)CCCCCCCCCC(O)CCCCCCC)cc1. The van der Waals surface area contributed by atoms with Gasteiger partial charge in [-0.2, -0.15) is 0 Å². The lowest BCUT2D eigenvalue weighted by molar-refractivity contribution is -0.122. The lowest BCUT2D eigenvalue weighted by atomic mass is 10.0. The molecular formula is C44H80N2O4. The number of hydrogen-bond acceptors (Lipinski definition) is 4. The Kier molecular flexibility index (Phi) is 31.5. The molecule has 0 aliphatic heterocycles. The normalized spacial score (nSPS) is 12.6. The van der Waals surface area contributed by atoms with Crippen LogP contribution in [-0.2, 0) is 22.7 Å². The van der Waals surface area contributed by atoms with Crippen LogP contribution >= 0.6 is 0 Å². The monoisotopic (exact) mass is 701 g/mol. The summed E-state index contributed by atoms with van der Waals surface area (Å²) in [6.07, 6.45) is 33.3. The van der Waals surface area contributed by atoms with E-state index in [1.807, 2.05) is 24.3 Å². The van der Waals surface area contributed by atoms with Gasteiger partial charge in [-0.05, 0) is 49.7 Å². The predicted molar refractivity (Wildman–Crippen MR) is 212 cm³/mol. The molecule has 290 valence electrons. The molecule has 0 aliphatic carbocycles. The number of aliphatic hydroxyl groups is 2. The molecule has 0 saturated carbocycles. The molecule has 0 heterocycles. The number of amides is 2. The Hall–Kier alpha value is -1.92. The maximum Gasteiger partial charge on any atom is 0.220 e. The van der Waals surface area contributed by atoms with Gasteiger partial charge in [0.1, 0.15) is 0 Å². The Bertz CT molecular complexity index is 833. The molecule has 2 unspecified atom stereocenters. The minimum atomic E-state index is -0.112. The third-order valence-corrected chi connectivity index (χ3v) is 10.2. The summed E-state index contributed by atoms with van der Waals surface area (Å²) in [6.45, 7) is 5.55. The summed E-state index contributed by atoms with van der Waals surface area (Å²) < 4.78 is 0. The van der Waals surface area contributed by atoms with Crippen molar-refractivity contribution in [1.82, 2.24) is 10.6 Å². The van der Waals surface area contributed by atoms with Crippen molar-refractivity contribution in [2.45, 2.75) is 232 Å². The summed E-state index contributed by atoms with van der Waals surface area (Å²) in [7, 11) is 0. The maximum absolute atomic E-state index is 12.3. The van der Waals surface area contributed by atoms with Crippen molar-refractivity contribution in [3.63, 3.8) is 0 Å². The number of carbonyl (C=O) groups excluding carboxylic acids is 2. The van der Waals surface area contributed by atoms with Gasteiger partial charge in [0.25, 0.3) is 0 Å². The van der Waals surface area contributed by atoms with Crippen molar-refractivity contribution in [2.24, 2.45) is 0 Å². The summed E-state index contributed by atoms with van der Waals surface area (Å²) in [6, 6.07) is 8.13. The summed E-state index contributed by atoms with van der Waals surface area (Å²) in [5.74, 6) is 0.229. The molecular weight excluding hydrogens is 620 g/mol. The van der Waals surface area contributed by atoms with Crippen LogP contribution in [-0.4, -0.2) is 34.2 Å². The topological polar surface area (TPSA) is 98.7 Å². The zero-order valence-electron chi connectivity index (χ0n) is 32.8. The lowest BCUT2D eigenvalue weighted by Crippen LogP contribution is -2.23. The number of aliphatic hydroxyl groups excluding tert-OH is 2. The molecule has 0 fully saturated rings. The number of carbonyl (C=O) groups is 2. The van der Waals surface area contributed by atoms with E-state index in [2.05, 4.69) is 24.5 Å². The minimum absolute atomic E-state index is 0.112. The van der Waals surface area contributed by atoms with Crippen LogP contribution in [0.5, 0.6) is 0 Å². The molecule has 1 rings (SSSR count). The standard InChI is InChI=1S/C44H80N2O4/c1-3-5-7-15-21-27-41(47)29-23-17-11-9-13-19-25-31-43(49)45-37-39-33-35-40(36-34-39)38-46-44(50)32-26-20-14-10-12-18-24-30-42(48)28-22-16-8-6-4-2/h33-36,41-42,47-48H,3-32,37-38H2,1-2H3,(H,45,49)(H,46,50). The van der Waals surface area contributed by atoms with Gasteiger partial charge in [-0.25, -0.2) is 0 Å². The number of unbranched alkanes of at least 4 members (excludes halogenated alkanes) is 20. The highest BCUT2D eigenvalue weighted by molar-refractivity contribution is 5.76. The summed E-state index contributed by atoms with van der Waals surface area (Å²) in [4.78, 5) is 24.6. The van der Waals surface area contributed by atoms with Crippen LogP contribution in [0.1, 0.15) is 218 Å². The molecule has 2 atom stereocenters. The second-order valence-corrected chi connectivity index (χ2v) is 15.1. The van der Waals surface area contributed by atoms with Crippen LogP contribution in [0, 0.1) is 0 Å². The van der Waals surface area contributed by atoms with Crippen LogP contribution in [0.25, 0.3) is 0 Å². The quantitative estimate of drug-likeness (QED) is 0.0524.